The first kappa shape index (κ1) is 36.9. The van der Waals surface area contributed by atoms with E-state index in [0.717, 1.165) is 15.4 Å². The minimum atomic E-state index is -2.45. The summed E-state index contributed by atoms with van der Waals surface area (Å²) in [4.78, 5) is 82.6. The molecule has 3 N–H and O–H groups in total. The minimum absolute atomic E-state index is 0.104. The number of cyclic esters (lactones) is 1. The van der Waals surface area contributed by atoms with E-state index < -0.39 is 90.6 Å². The summed E-state index contributed by atoms with van der Waals surface area (Å²) >= 11 is 0. The quantitative estimate of drug-likeness (QED) is 0.301. The van der Waals surface area contributed by atoms with Gasteiger partial charge < -0.3 is 39.8 Å². The number of piperidine rings is 1. The van der Waals surface area contributed by atoms with Gasteiger partial charge in [-0.3, -0.25) is 28.8 Å². The minimum Gasteiger partial charge on any atom is -0.459 e. The molecule has 14 nitrogen and oxygen atoms in total. The number of hydrogen-bond donors (Lipinski definition) is 3. The number of ketones is 1. The lowest BCUT2D eigenvalue weighted by molar-refractivity contribution is -0.267. The lowest BCUT2D eigenvalue weighted by atomic mass is 9.85. The van der Waals surface area contributed by atoms with E-state index >= 15 is 0 Å². The second kappa shape index (κ2) is 16.5. The number of nitrogens with zero attached hydrogens (tertiary/aromatic N) is 2. The number of nitrogens with one attached hydrogen (secondary N) is 2. The van der Waals surface area contributed by atoms with Crippen LogP contribution in [0.15, 0.2) is 30.3 Å². The summed E-state index contributed by atoms with van der Waals surface area (Å²) in [5.74, 6) is -7.89. The van der Waals surface area contributed by atoms with Crippen LogP contribution in [0, 0.1) is 5.92 Å². The summed E-state index contributed by atoms with van der Waals surface area (Å²) in [5.41, 5.74) is 0.925. The zero-order valence-corrected chi connectivity index (χ0v) is 28.1. The largest absolute Gasteiger partial charge is 0.459 e. The van der Waals surface area contributed by atoms with E-state index in [1.54, 1.807) is 13.8 Å². The Morgan fingerprint density at radius 2 is 1.73 bits per heavy atom. The van der Waals surface area contributed by atoms with Crippen LogP contribution in [0.5, 0.6) is 0 Å². The number of amides is 4. The first-order valence-corrected chi connectivity index (χ1v) is 16.7. The van der Waals surface area contributed by atoms with Crippen LogP contribution >= 0.6 is 0 Å². The molecule has 2 bridgehead atoms. The molecule has 14 heteroatoms. The Morgan fingerprint density at radius 3 is 2.44 bits per heavy atom. The topological polar surface area (TPSA) is 181 Å². The van der Waals surface area contributed by atoms with Crippen molar-refractivity contribution >= 4 is 35.4 Å². The SMILES string of the molecule is CO[C@H]1C[C@H]2CC[C@@H](C)[C@](O)(O2)C(=O)C(=O)N2CCCC[C@H]2C(=O)N[C@H](CCc2ccccc2)C(=O)NCC(=O)N(C)CC(=O)O[C@H]1C. The molecule has 1 aromatic carbocycles. The predicted octanol–water partition coefficient (Wildman–Crippen LogP) is 0.483. The molecular formula is C34H48N4O10. The molecule has 0 saturated carbocycles. The van der Waals surface area contributed by atoms with Crippen LogP contribution in [0.25, 0.3) is 0 Å². The number of esters is 1. The maximum atomic E-state index is 13.8. The van der Waals surface area contributed by atoms with Crippen LogP contribution in [-0.4, -0.2) is 120 Å². The van der Waals surface area contributed by atoms with Crippen LogP contribution in [0.3, 0.4) is 0 Å². The van der Waals surface area contributed by atoms with Gasteiger partial charge in [-0.1, -0.05) is 37.3 Å². The van der Waals surface area contributed by atoms with Crippen molar-refractivity contribution < 1.29 is 48.1 Å². The second-order valence-electron chi connectivity index (χ2n) is 13.0. The molecule has 0 radical (unpaired) electrons. The number of aliphatic hydroxyl groups is 1. The van der Waals surface area contributed by atoms with Gasteiger partial charge >= 0.3 is 5.97 Å². The Morgan fingerprint density at radius 1 is 1.00 bits per heavy atom. The number of ether oxygens (including phenoxy) is 3. The van der Waals surface area contributed by atoms with Gasteiger partial charge in [0.25, 0.3) is 11.7 Å². The fraction of sp³-hybridized carbons (Fsp3) is 0.647. The number of hydrogen-bond acceptors (Lipinski definition) is 10. The number of benzene rings is 1. The van der Waals surface area contributed by atoms with Gasteiger partial charge in [0.1, 0.15) is 24.7 Å². The number of fused-ring (bicyclic) bond motifs is 3. The van der Waals surface area contributed by atoms with Crippen LogP contribution in [-0.2, 0) is 49.4 Å². The fourth-order valence-electron chi connectivity index (χ4n) is 6.49. The molecular weight excluding hydrogens is 624 g/mol. The summed E-state index contributed by atoms with van der Waals surface area (Å²) in [5, 5.41) is 16.9. The number of carbonyl (C=O) groups is 6. The Kier molecular flexibility index (Phi) is 12.7. The summed E-state index contributed by atoms with van der Waals surface area (Å²) in [6.07, 6.45) is 0.760. The number of likely N-dealkylation sites (N-methyl/N-ethyl adjacent to an activating group) is 1. The Bertz CT molecular complexity index is 1340. The average molecular weight is 673 g/mol. The molecule has 0 aromatic heterocycles. The molecule has 0 spiro atoms. The summed E-state index contributed by atoms with van der Waals surface area (Å²) < 4.78 is 17.1. The number of rotatable bonds is 4. The van der Waals surface area contributed by atoms with Crippen molar-refractivity contribution in [2.45, 2.75) is 101 Å². The average Bonchev–Trinajstić information content (AvgIpc) is 3.08. The van der Waals surface area contributed by atoms with E-state index in [1.165, 1.54) is 14.2 Å². The molecule has 264 valence electrons. The normalized spacial score (nSPS) is 32.0. The Labute approximate surface area is 280 Å². The monoisotopic (exact) mass is 672 g/mol. The zero-order valence-electron chi connectivity index (χ0n) is 28.1. The van der Waals surface area contributed by atoms with Crippen LogP contribution in [0.4, 0.5) is 0 Å². The highest BCUT2D eigenvalue weighted by Gasteiger charge is 2.53. The molecule has 48 heavy (non-hydrogen) atoms. The molecule has 4 rings (SSSR count). The van der Waals surface area contributed by atoms with Gasteiger partial charge in [-0.2, -0.15) is 0 Å². The third-order valence-electron chi connectivity index (χ3n) is 9.56. The van der Waals surface area contributed by atoms with E-state index in [9.17, 15) is 33.9 Å². The molecule has 1 aromatic rings. The molecule has 0 unspecified atom stereocenters. The number of carbonyl (C=O) groups excluding carboxylic acids is 6. The van der Waals surface area contributed by atoms with E-state index in [-0.39, 0.29) is 25.8 Å². The van der Waals surface area contributed by atoms with Crippen molar-refractivity contribution in [3.63, 3.8) is 0 Å². The van der Waals surface area contributed by atoms with Gasteiger partial charge in [-0.05, 0) is 57.4 Å². The molecule has 3 saturated heterocycles. The van der Waals surface area contributed by atoms with E-state index in [1.807, 2.05) is 30.3 Å². The highest BCUT2D eigenvalue weighted by molar-refractivity contribution is 6.39. The molecule has 3 heterocycles. The maximum absolute atomic E-state index is 13.8. The Hall–Kier alpha value is -3.88. The molecule has 7 atom stereocenters. The summed E-state index contributed by atoms with van der Waals surface area (Å²) in [6, 6.07) is 7.20. The van der Waals surface area contributed by atoms with Gasteiger partial charge in [0.15, 0.2) is 0 Å². The lowest BCUT2D eigenvalue weighted by Crippen LogP contribution is -2.62. The highest BCUT2D eigenvalue weighted by atomic mass is 16.6. The van der Waals surface area contributed by atoms with Crippen molar-refractivity contribution in [1.82, 2.24) is 20.4 Å². The molecule has 3 fully saturated rings. The number of Topliss-reactive ketones (excluding diaryl/α,β-unsaturated/α-hetero) is 1. The smallest absolute Gasteiger partial charge is 0.325 e. The van der Waals surface area contributed by atoms with E-state index in [2.05, 4.69) is 10.6 Å². The van der Waals surface area contributed by atoms with Crippen molar-refractivity contribution in [2.75, 3.05) is 33.8 Å². The van der Waals surface area contributed by atoms with Crippen molar-refractivity contribution in [3.8, 4) is 0 Å². The molecule has 4 amide bonds. The van der Waals surface area contributed by atoms with Crippen LogP contribution < -0.4 is 10.6 Å². The Balaban J connectivity index is 1.64. The third-order valence-corrected chi connectivity index (χ3v) is 9.56. The second-order valence-corrected chi connectivity index (χ2v) is 13.0. The van der Waals surface area contributed by atoms with Gasteiger partial charge in [0, 0.05) is 33.0 Å². The van der Waals surface area contributed by atoms with Crippen molar-refractivity contribution in [1.29, 1.82) is 0 Å². The van der Waals surface area contributed by atoms with Gasteiger partial charge in [-0.15, -0.1) is 0 Å². The summed E-state index contributed by atoms with van der Waals surface area (Å²) in [6.45, 7) is 2.51. The maximum Gasteiger partial charge on any atom is 0.325 e. The van der Waals surface area contributed by atoms with E-state index in [0.29, 0.717) is 32.1 Å². The van der Waals surface area contributed by atoms with Gasteiger partial charge in [0.2, 0.25) is 23.5 Å². The fourth-order valence-corrected chi connectivity index (χ4v) is 6.49. The van der Waals surface area contributed by atoms with Crippen molar-refractivity contribution in [2.24, 2.45) is 5.92 Å². The third kappa shape index (κ3) is 8.97. The lowest BCUT2D eigenvalue weighted by Gasteiger charge is -2.43. The van der Waals surface area contributed by atoms with E-state index in [4.69, 9.17) is 14.2 Å². The van der Waals surface area contributed by atoms with Crippen LogP contribution in [0.1, 0.15) is 64.4 Å². The number of aryl methyl sites for hydroxylation is 1. The predicted molar refractivity (Wildman–Crippen MR) is 171 cm³/mol. The summed E-state index contributed by atoms with van der Waals surface area (Å²) in [7, 11) is 2.83. The molecule has 3 aliphatic heterocycles. The molecule has 0 aliphatic carbocycles. The van der Waals surface area contributed by atoms with Gasteiger partial charge in [0.05, 0.1) is 18.8 Å². The highest BCUT2D eigenvalue weighted by Crippen LogP contribution is 2.36. The first-order valence-electron chi connectivity index (χ1n) is 16.7. The standard InChI is InChI=1S/C34H48N4O10/c1-21-13-15-24-18-27(46-4)22(2)47-29(40)20-37(3)28(39)19-35-31(42)25(16-14-23-10-6-5-7-11-23)36-32(43)26-12-8-9-17-38(26)33(44)30(41)34(21,45)48-24/h5-7,10-11,21-22,24-27,45H,8-9,12-20H2,1-4H3,(H,35,42)(H,36,43)/t21-,22+,24-,25-,26+,27+,34+/m1/s1. The van der Waals surface area contributed by atoms with Crippen LogP contribution in [0.2, 0.25) is 0 Å². The van der Waals surface area contributed by atoms with Crippen molar-refractivity contribution in [3.05, 3.63) is 35.9 Å². The molecule has 3 aliphatic rings. The number of methoxy groups -OCH3 is 1. The zero-order chi connectivity index (χ0) is 35.0. The first-order chi connectivity index (χ1) is 22.8. The van der Waals surface area contributed by atoms with Gasteiger partial charge in [-0.25, -0.2) is 0 Å².